The van der Waals surface area contributed by atoms with Crippen molar-refractivity contribution in [3.63, 3.8) is 0 Å². The summed E-state index contributed by atoms with van der Waals surface area (Å²) in [6.45, 7) is 4.82. The summed E-state index contributed by atoms with van der Waals surface area (Å²) in [5, 5.41) is 12.4. The molecule has 1 aliphatic rings. The van der Waals surface area contributed by atoms with Gasteiger partial charge in [-0.05, 0) is 37.8 Å². The molecule has 1 saturated heterocycles. The van der Waals surface area contributed by atoms with Crippen molar-refractivity contribution in [1.29, 1.82) is 0 Å². The molecule has 0 spiro atoms. The Morgan fingerprint density at radius 1 is 1.48 bits per heavy atom. The fraction of sp³-hybridized carbons (Fsp3) is 0.562. The topological polar surface area (TPSA) is 58.6 Å². The minimum atomic E-state index is -1.25. The van der Waals surface area contributed by atoms with Gasteiger partial charge >= 0.3 is 5.97 Å². The number of anilines is 1. The van der Waals surface area contributed by atoms with Gasteiger partial charge in [0.15, 0.2) is 0 Å². The van der Waals surface area contributed by atoms with E-state index in [0.29, 0.717) is 12.3 Å². The second-order valence-corrected chi connectivity index (χ2v) is 5.54. The van der Waals surface area contributed by atoms with Crippen LogP contribution in [0.4, 0.5) is 10.1 Å². The first-order chi connectivity index (χ1) is 10.0. The smallest absolute Gasteiger partial charge is 0.340 e. The van der Waals surface area contributed by atoms with E-state index in [1.165, 1.54) is 12.1 Å². The Balaban J connectivity index is 2.19. The molecule has 0 aliphatic carbocycles. The fourth-order valence-electron chi connectivity index (χ4n) is 2.98. The average molecular weight is 295 g/mol. The predicted octanol–water partition coefficient (Wildman–Crippen LogP) is 3.67. The average Bonchev–Trinajstić information content (AvgIpc) is 2.47. The van der Waals surface area contributed by atoms with Crippen molar-refractivity contribution in [1.82, 2.24) is 0 Å². The minimum absolute atomic E-state index is 0.0959. The summed E-state index contributed by atoms with van der Waals surface area (Å²) >= 11 is 0. The molecule has 1 unspecified atom stereocenters. The number of hydrogen-bond donors (Lipinski definition) is 2. The molecule has 1 aliphatic heterocycles. The van der Waals surface area contributed by atoms with Crippen LogP contribution in [0.25, 0.3) is 0 Å². The Hall–Kier alpha value is -1.62. The van der Waals surface area contributed by atoms with Crippen molar-refractivity contribution in [2.45, 2.75) is 51.2 Å². The summed E-state index contributed by atoms with van der Waals surface area (Å²) in [7, 11) is 0. The molecular weight excluding hydrogens is 273 g/mol. The number of rotatable bonds is 5. The first-order valence-electron chi connectivity index (χ1n) is 7.43. The molecule has 4 nitrogen and oxygen atoms in total. The van der Waals surface area contributed by atoms with E-state index in [0.717, 1.165) is 25.7 Å². The third kappa shape index (κ3) is 3.35. The highest BCUT2D eigenvalue weighted by atomic mass is 19.1. The molecule has 2 N–H and O–H groups in total. The van der Waals surface area contributed by atoms with Crippen molar-refractivity contribution in [3.05, 3.63) is 29.6 Å². The normalized spacial score (nSPS) is 21.0. The van der Waals surface area contributed by atoms with Gasteiger partial charge < -0.3 is 15.2 Å². The van der Waals surface area contributed by atoms with Crippen LogP contribution >= 0.6 is 0 Å². The van der Waals surface area contributed by atoms with E-state index in [9.17, 15) is 9.18 Å². The van der Waals surface area contributed by atoms with Gasteiger partial charge in [-0.3, -0.25) is 0 Å². The summed E-state index contributed by atoms with van der Waals surface area (Å²) in [6.07, 6.45) is 3.42. The first-order valence-corrected chi connectivity index (χ1v) is 7.43. The van der Waals surface area contributed by atoms with Crippen LogP contribution in [0.15, 0.2) is 18.2 Å². The van der Waals surface area contributed by atoms with Gasteiger partial charge in [0.25, 0.3) is 0 Å². The van der Waals surface area contributed by atoms with Gasteiger partial charge in [-0.2, -0.15) is 0 Å². The van der Waals surface area contributed by atoms with E-state index >= 15 is 0 Å². The number of carboxylic acids is 1. The highest BCUT2D eigenvalue weighted by Gasteiger charge is 2.34. The minimum Gasteiger partial charge on any atom is -0.478 e. The third-order valence-corrected chi connectivity index (χ3v) is 4.37. The van der Waals surface area contributed by atoms with Gasteiger partial charge in [0.05, 0.1) is 11.3 Å². The molecule has 0 saturated carbocycles. The van der Waals surface area contributed by atoms with Crippen molar-refractivity contribution < 1.29 is 19.0 Å². The van der Waals surface area contributed by atoms with Crippen molar-refractivity contribution >= 4 is 11.7 Å². The van der Waals surface area contributed by atoms with Crippen LogP contribution in [0.3, 0.4) is 0 Å². The summed E-state index contributed by atoms with van der Waals surface area (Å²) < 4.78 is 19.6. The zero-order valence-corrected chi connectivity index (χ0v) is 12.5. The maximum Gasteiger partial charge on any atom is 0.340 e. The van der Waals surface area contributed by atoms with E-state index in [1.807, 2.05) is 0 Å². The quantitative estimate of drug-likeness (QED) is 0.870. The lowest BCUT2D eigenvalue weighted by Gasteiger charge is -2.40. The summed E-state index contributed by atoms with van der Waals surface area (Å²) in [5.41, 5.74) is -0.106. The van der Waals surface area contributed by atoms with Crippen LogP contribution < -0.4 is 5.32 Å². The van der Waals surface area contributed by atoms with Gasteiger partial charge in [-0.25, -0.2) is 9.18 Å². The van der Waals surface area contributed by atoms with Crippen LogP contribution in [0, 0.1) is 5.82 Å². The number of aromatic carboxylic acids is 1. The fourth-order valence-corrected chi connectivity index (χ4v) is 2.98. The molecule has 0 aromatic heterocycles. The van der Waals surface area contributed by atoms with Gasteiger partial charge in [0, 0.05) is 12.6 Å². The number of nitrogens with one attached hydrogen (secondary N) is 1. The van der Waals surface area contributed by atoms with Crippen LogP contribution in [-0.2, 0) is 4.74 Å². The maximum atomic E-state index is 13.7. The van der Waals surface area contributed by atoms with Gasteiger partial charge in [-0.1, -0.05) is 19.9 Å². The molecule has 0 bridgehead atoms. The lowest BCUT2D eigenvalue weighted by Crippen LogP contribution is -2.43. The van der Waals surface area contributed by atoms with E-state index in [4.69, 9.17) is 9.84 Å². The highest BCUT2D eigenvalue weighted by molar-refractivity contribution is 5.94. The van der Waals surface area contributed by atoms with E-state index in [-0.39, 0.29) is 17.2 Å². The van der Waals surface area contributed by atoms with Crippen molar-refractivity contribution in [2.75, 3.05) is 11.9 Å². The molecule has 21 heavy (non-hydrogen) atoms. The Labute approximate surface area is 124 Å². The van der Waals surface area contributed by atoms with Gasteiger partial charge in [0.2, 0.25) is 0 Å². The summed E-state index contributed by atoms with van der Waals surface area (Å²) in [5.74, 6) is -1.96. The monoisotopic (exact) mass is 295 g/mol. The molecule has 1 fully saturated rings. The number of carbonyl (C=O) groups is 1. The molecule has 1 aromatic carbocycles. The molecule has 1 atom stereocenters. The van der Waals surface area contributed by atoms with Crippen molar-refractivity contribution in [3.8, 4) is 0 Å². The maximum absolute atomic E-state index is 13.7. The molecule has 1 aromatic rings. The predicted molar refractivity (Wildman–Crippen MR) is 79.3 cm³/mol. The Morgan fingerprint density at radius 3 is 2.81 bits per heavy atom. The largest absolute Gasteiger partial charge is 0.478 e. The molecule has 0 amide bonds. The Morgan fingerprint density at radius 2 is 2.19 bits per heavy atom. The standard InChI is InChI=1S/C16H22FNO3/c1-3-16(4-2)10-11(8-9-21-16)18-13-7-5-6-12(17)14(13)15(19)20/h5-7,11,18H,3-4,8-10H2,1-2H3,(H,19,20). The molecule has 1 heterocycles. The zero-order valence-electron chi connectivity index (χ0n) is 12.5. The molecule has 0 radical (unpaired) electrons. The lowest BCUT2D eigenvalue weighted by molar-refractivity contribution is -0.0864. The van der Waals surface area contributed by atoms with Crippen LogP contribution in [0.5, 0.6) is 0 Å². The Bertz CT molecular complexity index is 514. The van der Waals surface area contributed by atoms with Gasteiger partial charge in [0.1, 0.15) is 11.4 Å². The van der Waals surface area contributed by atoms with Gasteiger partial charge in [-0.15, -0.1) is 0 Å². The second-order valence-electron chi connectivity index (χ2n) is 5.54. The second kappa shape index (κ2) is 6.43. The van der Waals surface area contributed by atoms with Crippen molar-refractivity contribution in [2.24, 2.45) is 0 Å². The lowest BCUT2D eigenvalue weighted by atomic mass is 9.85. The molecule has 5 heteroatoms. The van der Waals surface area contributed by atoms with Crippen LogP contribution in [0.2, 0.25) is 0 Å². The summed E-state index contributed by atoms with van der Waals surface area (Å²) in [6, 6.07) is 4.40. The third-order valence-electron chi connectivity index (χ3n) is 4.37. The van der Waals surface area contributed by atoms with E-state index in [1.54, 1.807) is 6.07 Å². The molecule has 2 rings (SSSR count). The van der Waals surface area contributed by atoms with E-state index < -0.39 is 11.8 Å². The first kappa shape index (κ1) is 15.8. The van der Waals surface area contributed by atoms with Crippen LogP contribution in [0.1, 0.15) is 49.9 Å². The Kier molecular flexibility index (Phi) is 4.83. The number of ether oxygens (including phenoxy) is 1. The van der Waals surface area contributed by atoms with Crippen LogP contribution in [-0.4, -0.2) is 29.3 Å². The summed E-state index contributed by atoms with van der Waals surface area (Å²) in [4.78, 5) is 11.2. The molecule has 116 valence electrons. The number of benzene rings is 1. The SMILES string of the molecule is CCC1(CC)CC(Nc2cccc(F)c2C(=O)O)CCO1. The number of halogens is 1. The highest BCUT2D eigenvalue weighted by Crippen LogP contribution is 2.33. The van der Waals surface area contributed by atoms with E-state index in [2.05, 4.69) is 19.2 Å². The number of hydrogen-bond acceptors (Lipinski definition) is 3. The molecular formula is C16H22FNO3. The zero-order chi connectivity index (χ0) is 15.5. The number of carboxylic acid groups (broad SMARTS) is 1.